The van der Waals surface area contributed by atoms with Crippen LogP contribution in [0.3, 0.4) is 0 Å². The zero-order valence-electron chi connectivity index (χ0n) is 19.3. The number of hydrogen-bond donors (Lipinski definition) is 4. The molecule has 33 heavy (non-hydrogen) atoms. The van der Waals surface area contributed by atoms with Gasteiger partial charge in [-0.15, -0.1) is 0 Å². The lowest BCUT2D eigenvalue weighted by Crippen LogP contribution is -2.38. The molecular weight excluding hydrogens is 432 g/mol. The summed E-state index contributed by atoms with van der Waals surface area (Å²) in [4.78, 5) is 19.8. The normalized spacial score (nSPS) is 23.2. The van der Waals surface area contributed by atoms with Gasteiger partial charge in [0.25, 0.3) is 0 Å². The summed E-state index contributed by atoms with van der Waals surface area (Å²) < 4.78 is 12.8. The molecule has 4 atom stereocenters. The standard InChI is InChI=1S/C20H34N8O5/c1-4-31-10-7-25-32-9-6-5-8-27(3)11-13-15(29)16(30)19(33-13)28-18-14(26-20(28)22-2)17(21)23-12-24-18/h7,12-13,15-16,19,29-30H,4-6,8-11H2,1-3H3,(H,22,26)(H2,21,23,24)/t13-,15-,16-,19-/m1/s1. The monoisotopic (exact) mass is 466 g/mol. The number of hydrogen-bond acceptors (Lipinski definition) is 12. The van der Waals surface area contributed by atoms with Crippen molar-refractivity contribution in [1.29, 1.82) is 0 Å². The van der Waals surface area contributed by atoms with E-state index < -0.39 is 24.5 Å². The van der Waals surface area contributed by atoms with Crippen molar-refractivity contribution >= 4 is 29.1 Å². The molecule has 1 aliphatic heterocycles. The third-order valence-electron chi connectivity index (χ3n) is 5.38. The van der Waals surface area contributed by atoms with E-state index in [0.29, 0.717) is 43.5 Å². The second-order valence-electron chi connectivity index (χ2n) is 7.78. The van der Waals surface area contributed by atoms with Crippen LogP contribution in [0.2, 0.25) is 0 Å². The molecular formula is C20H34N8O5. The van der Waals surface area contributed by atoms with E-state index in [9.17, 15) is 10.2 Å². The Morgan fingerprint density at radius 1 is 1.33 bits per heavy atom. The van der Waals surface area contributed by atoms with Crippen LogP contribution < -0.4 is 11.1 Å². The van der Waals surface area contributed by atoms with Gasteiger partial charge in [-0.2, -0.15) is 0 Å². The minimum absolute atomic E-state index is 0.225. The Morgan fingerprint density at radius 2 is 2.15 bits per heavy atom. The van der Waals surface area contributed by atoms with Crippen molar-refractivity contribution in [1.82, 2.24) is 24.4 Å². The molecule has 0 amide bonds. The number of ether oxygens (including phenoxy) is 2. The Kier molecular flexibility index (Phi) is 9.14. The van der Waals surface area contributed by atoms with E-state index in [1.54, 1.807) is 17.8 Å². The number of nitrogens with zero attached hydrogens (tertiary/aromatic N) is 6. The van der Waals surface area contributed by atoms with Gasteiger partial charge in [-0.05, 0) is 33.4 Å². The molecule has 1 saturated heterocycles. The number of nitrogen functional groups attached to an aromatic ring is 1. The number of aromatic nitrogens is 4. The van der Waals surface area contributed by atoms with Gasteiger partial charge in [-0.3, -0.25) is 4.57 Å². The van der Waals surface area contributed by atoms with Gasteiger partial charge < -0.3 is 40.5 Å². The Labute approximate surface area is 192 Å². The molecule has 13 heteroatoms. The lowest BCUT2D eigenvalue weighted by atomic mass is 10.1. The predicted octanol–water partition coefficient (Wildman–Crippen LogP) is -0.180. The first-order chi connectivity index (χ1) is 16.0. The summed E-state index contributed by atoms with van der Waals surface area (Å²) in [5.41, 5.74) is 6.73. The van der Waals surface area contributed by atoms with Crippen molar-refractivity contribution in [2.75, 3.05) is 58.1 Å². The first kappa shape index (κ1) is 25.1. The van der Waals surface area contributed by atoms with E-state index in [0.717, 1.165) is 19.4 Å². The summed E-state index contributed by atoms with van der Waals surface area (Å²) in [5.74, 6) is 0.634. The Bertz CT molecular complexity index is 910. The first-order valence-corrected chi connectivity index (χ1v) is 11.1. The second-order valence-corrected chi connectivity index (χ2v) is 7.78. The summed E-state index contributed by atoms with van der Waals surface area (Å²) in [6.07, 6.45) is 0.959. The van der Waals surface area contributed by atoms with Crippen molar-refractivity contribution in [3.8, 4) is 0 Å². The molecule has 1 aliphatic rings. The maximum atomic E-state index is 10.7. The third-order valence-corrected chi connectivity index (χ3v) is 5.38. The molecule has 0 aromatic carbocycles. The molecule has 0 bridgehead atoms. The van der Waals surface area contributed by atoms with E-state index >= 15 is 0 Å². The summed E-state index contributed by atoms with van der Waals surface area (Å²) in [7, 11) is 3.63. The van der Waals surface area contributed by atoms with Crippen LogP contribution in [0.25, 0.3) is 11.2 Å². The number of nitrogens with one attached hydrogen (secondary N) is 1. The van der Waals surface area contributed by atoms with E-state index in [4.69, 9.17) is 20.0 Å². The van der Waals surface area contributed by atoms with Crippen LogP contribution >= 0.6 is 0 Å². The van der Waals surface area contributed by atoms with Crippen molar-refractivity contribution in [2.24, 2.45) is 5.16 Å². The lowest BCUT2D eigenvalue weighted by Gasteiger charge is -2.22. The fourth-order valence-electron chi connectivity index (χ4n) is 3.69. The predicted molar refractivity (Wildman–Crippen MR) is 123 cm³/mol. The molecule has 0 aliphatic carbocycles. The molecule has 2 aromatic rings. The average Bonchev–Trinajstić information content (AvgIpc) is 3.31. The number of anilines is 2. The van der Waals surface area contributed by atoms with Crippen molar-refractivity contribution in [2.45, 2.75) is 44.3 Å². The van der Waals surface area contributed by atoms with Gasteiger partial charge in [0.05, 0.1) is 12.8 Å². The molecule has 184 valence electrons. The van der Waals surface area contributed by atoms with E-state index in [2.05, 4.69) is 25.4 Å². The molecule has 0 spiro atoms. The van der Waals surface area contributed by atoms with E-state index in [1.165, 1.54) is 6.33 Å². The second kappa shape index (κ2) is 12.0. The molecule has 5 N–H and O–H groups in total. The zero-order chi connectivity index (χ0) is 23.8. The molecule has 13 nitrogen and oxygen atoms in total. The Hall–Kier alpha value is -2.58. The van der Waals surface area contributed by atoms with Gasteiger partial charge in [0.2, 0.25) is 5.95 Å². The molecule has 0 saturated carbocycles. The van der Waals surface area contributed by atoms with Crippen molar-refractivity contribution in [3.63, 3.8) is 0 Å². The SMILES string of the molecule is CCOCC=NOCCCCN(C)C[C@H]1O[C@@H](n2c(NC)nc3c(N)ncnc32)[C@H](O)[C@@H]1O. The van der Waals surface area contributed by atoms with Crippen LogP contribution in [0, 0.1) is 0 Å². The number of fused-ring (bicyclic) bond motifs is 1. The third kappa shape index (κ3) is 6.06. The number of likely N-dealkylation sites (N-methyl/N-ethyl adjacent to an activating group) is 1. The topological polar surface area (TPSA) is 165 Å². The fourth-order valence-corrected chi connectivity index (χ4v) is 3.69. The van der Waals surface area contributed by atoms with E-state index in [-0.39, 0.29) is 5.82 Å². The number of aliphatic hydroxyl groups is 2. The van der Waals surface area contributed by atoms with Gasteiger partial charge in [0, 0.05) is 20.2 Å². The minimum atomic E-state index is -1.16. The number of unbranched alkanes of at least 4 members (excludes halogenated alkanes) is 1. The average molecular weight is 467 g/mol. The number of imidazole rings is 1. The minimum Gasteiger partial charge on any atom is -0.396 e. The smallest absolute Gasteiger partial charge is 0.207 e. The number of oxime groups is 1. The number of nitrogens with two attached hydrogens (primary N) is 1. The summed E-state index contributed by atoms with van der Waals surface area (Å²) in [6.45, 7) is 4.76. The van der Waals surface area contributed by atoms with Gasteiger partial charge in [-0.1, -0.05) is 5.16 Å². The highest BCUT2D eigenvalue weighted by atomic mass is 16.6. The van der Waals surface area contributed by atoms with Crippen LogP contribution in [0.5, 0.6) is 0 Å². The van der Waals surface area contributed by atoms with Crippen molar-refractivity contribution in [3.05, 3.63) is 6.33 Å². The quantitative estimate of drug-likeness (QED) is 0.176. The maximum absolute atomic E-state index is 10.7. The highest BCUT2D eigenvalue weighted by Gasteiger charge is 2.45. The van der Waals surface area contributed by atoms with Crippen LogP contribution in [0.4, 0.5) is 11.8 Å². The molecule has 0 unspecified atom stereocenters. The van der Waals surface area contributed by atoms with Crippen LogP contribution in [-0.2, 0) is 14.3 Å². The molecule has 1 fully saturated rings. The van der Waals surface area contributed by atoms with Gasteiger partial charge in [-0.25, -0.2) is 15.0 Å². The van der Waals surface area contributed by atoms with E-state index in [1.807, 2.05) is 18.9 Å². The first-order valence-electron chi connectivity index (χ1n) is 11.1. The van der Waals surface area contributed by atoms with Gasteiger partial charge >= 0.3 is 0 Å². The maximum Gasteiger partial charge on any atom is 0.207 e. The largest absolute Gasteiger partial charge is 0.396 e. The molecule has 3 rings (SSSR count). The lowest BCUT2D eigenvalue weighted by molar-refractivity contribution is -0.0411. The zero-order valence-corrected chi connectivity index (χ0v) is 19.3. The number of rotatable bonds is 13. The summed E-state index contributed by atoms with van der Waals surface area (Å²) in [6, 6.07) is 0. The van der Waals surface area contributed by atoms with Gasteiger partial charge in [0.15, 0.2) is 23.2 Å². The van der Waals surface area contributed by atoms with Crippen molar-refractivity contribution < 1.29 is 24.5 Å². The Morgan fingerprint density at radius 3 is 2.91 bits per heavy atom. The molecule has 3 heterocycles. The highest BCUT2D eigenvalue weighted by Crippen LogP contribution is 2.35. The van der Waals surface area contributed by atoms with Crippen LogP contribution in [-0.4, -0.2) is 106 Å². The Balaban J connectivity index is 1.52. The summed E-state index contributed by atoms with van der Waals surface area (Å²) in [5, 5.41) is 28.1. The van der Waals surface area contributed by atoms with Crippen LogP contribution in [0.15, 0.2) is 11.5 Å². The fraction of sp³-hybridized carbons (Fsp3) is 0.700. The highest BCUT2D eigenvalue weighted by molar-refractivity contribution is 5.84. The summed E-state index contributed by atoms with van der Waals surface area (Å²) >= 11 is 0. The number of aliphatic hydroxyl groups excluding tert-OH is 2. The van der Waals surface area contributed by atoms with Gasteiger partial charge in [0.1, 0.15) is 31.2 Å². The molecule has 2 aromatic heterocycles. The van der Waals surface area contributed by atoms with Crippen LogP contribution in [0.1, 0.15) is 26.0 Å². The molecule has 0 radical (unpaired) electrons.